The zero-order valence-electron chi connectivity index (χ0n) is 7.03. The average molecular weight is 205 g/mol. The van der Waals surface area contributed by atoms with Gasteiger partial charge in [0.05, 0.1) is 6.04 Å². The molecule has 1 aromatic rings. The van der Waals surface area contributed by atoms with E-state index in [4.69, 9.17) is 5.73 Å². The molecule has 0 aliphatic heterocycles. The first-order valence-corrected chi connectivity index (χ1v) is 4.03. The molecule has 14 heavy (non-hydrogen) atoms. The summed E-state index contributed by atoms with van der Waals surface area (Å²) in [6.07, 6.45) is -0.624. The molecule has 2 N–H and O–H groups in total. The summed E-state index contributed by atoms with van der Waals surface area (Å²) >= 11 is 0. The van der Waals surface area contributed by atoms with Crippen LogP contribution >= 0.6 is 0 Å². The van der Waals surface area contributed by atoms with Crippen molar-refractivity contribution in [3.63, 3.8) is 0 Å². The van der Waals surface area contributed by atoms with E-state index in [1.807, 2.05) is 0 Å². The van der Waals surface area contributed by atoms with Gasteiger partial charge in [0, 0.05) is 12.0 Å². The van der Waals surface area contributed by atoms with Crippen LogP contribution in [-0.4, -0.2) is 5.92 Å². The van der Waals surface area contributed by atoms with Crippen LogP contribution in [0.3, 0.4) is 0 Å². The van der Waals surface area contributed by atoms with Crippen molar-refractivity contribution in [2.45, 2.75) is 18.4 Å². The molecule has 2 rings (SSSR count). The normalized spacial score (nSPS) is 23.6. The van der Waals surface area contributed by atoms with Crippen molar-refractivity contribution in [2.24, 2.45) is 5.73 Å². The Morgan fingerprint density at radius 1 is 1.29 bits per heavy atom. The Kier molecular flexibility index (Phi) is 1.82. The van der Waals surface area contributed by atoms with Crippen LogP contribution in [0.1, 0.15) is 17.2 Å². The molecule has 0 amide bonds. The molecule has 0 fully saturated rings. The smallest absolute Gasteiger partial charge is 0.271 e. The second kappa shape index (κ2) is 2.70. The van der Waals surface area contributed by atoms with Gasteiger partial charge in [-0.3, -0.25) is 0 Å². The number of hydrogen-bond acceptors (Lipinski definition) is 1. The third kappa shape index (κ3) is 1.12. The van der Waals surface area contributed by atoms with Crippen molar-refractivity contribution in [3.05, 3.63) is 34.9 Å². The molecule has 1 atom stereocenters. The topological polar surface area (TPSA) is 26.0 Å². The van der Waals surface area contributed by atoms with Gasteiger partial charge in [-0.25, -0.2) is 17.6 Å². The van der Waals surface area contributed by atoms with E-state index in [1.165, 1.54) is 0 Å². The maximum atomic E-state index is 13.1. The molecular formula is C9H7F4N. The summed E-state index contributed by atoms with van der Waals surface area (Å²) in [6.45, 7) is 0. The van der Waals surface area contributed by atoms with E-state index in [0.717, 1.165) is 12.1 Å². The number of nitrogens with two attached hydrogens (primary N) is 1. The quantitative estimate of drug-likeness (QED) is 0.645. The minimum absolute atomic E-state index is 0.0846. The molecule has 0 bridgehead atoms. The number of rotatable bonds is 0. The Balaban J connectivity index is 2.61. The van der Waals surface area contributed by atoms with Gasteiger partial charge in [-0.2, -0.15) is 0 Å². The lowest BCUT2D eigenvalue weighted by Crippen LogP contribution is -2.29. The number of hydrogen-bond donors (Lipinski definition) is 1. The molecule has 5 heteroatoms. The van der Waals surface area contributed by atoms with E-state index in [2.05, 4.69) is 0 Å². The Hall–Kier alpha value is -1.10. The fraction of sp³-hybridized carbons (Fsp3) is 0.333. The highest BCUT2D eigenvalue weighted by molar-refractivity contribution is 5.39. The van der Waals surface area contributed by atoms with Crippen LogP contribution in [0.15, 0.2) is 12.1 Å². The number of benzene rings is 1. The molecule has 1 nitrogen and oxygen atoms in total. The van der Waals surface area contributed by atoms with Crippen LogP contribution in [0.4, 0.5) is 17.6 Å². The third-order valence-electron chi connectivity index (χ3n) is 2.42. The Morgan fingerprint density at radius 2 is 1.93 bits per heavy atom. The average Bonchev–Trinajstić information content (AvgIpc) is 2.32. The largest absolute Gasteiger partial charge is 0.319 e. The van der Waals surface area contributed by atoms with Crippen LogP contribution < -0.4 is 5.73 Å². The van der Waals surface area contributed by atoms with Crippen molar-refractivity contribution >= 4 is 0 Å². The van der Waals surface area contributed by atoms with Gasteiger partial charge in [-0.15, -0.1) is 0 Å². The first-order valence-electron chi connectivity index (χ1n) is 4.03. The number of fused-ring (bicyclic) bond motifs is 1. The Labute approximate surface area is 77.5 Å². The van der Waals surface area contributed by atoms with Crippen molar-refractivity contribution in [3.8, 4) is 0 Å². The van der Waals surface area contributed by atoms with Crippen LogP contribution in [0, 0.1) is 11.6 Å². The molecule has 1 aliphatic rings. The van der Waals surface area contributed by atoms with Crippen LogP contribution in [0.5, 0.6) is 0 Å². The maximum absolute atomic E-state index is 13.1. The SMILES string of the molecule is NC1c2c(ccc(F)c2F)CC1(F)F. The van der Waals surface area contributed by atoms with Gasteiger partial charge >= 0.3 is 0 Å². The second-order valence-electron chi connectivity index (χ2n) is 3.35. The van der Waals surface area contributed by atoms with Gasteiger partial charge in [0.2, 0.25) is 0 Å². The molecular weight excluding hydrogens is 198 g/mol. The Morgan fingerprint density at radius 3 is 2.57 bits per heavy atom. The lowest BCUT2D eigenvalue weighted by Gasteiger charge is -2.14. The summed E-state index contributed by atoms with van der Waals surface area (Å²) in [5.74, 6) is -5.58. The molecule has 1 aliphatic carbocycles. The molecule has 0 saturated heterocycles. The van der Waals surface area contributed by atoms with Gasteiger partial charge in [-0.05, 0) is 11.6 Å². The summed E-state index contributed by atoms with van der Waals surface area (Å²) in [4.78, 5) is 0. The standard InChI is InChI=1S/C9H7F4N/c10-5-2-1-4-3-9(12,13)8(14)6(4)7(5)11/h1-2,8H,3,14H2. The van der Waals surface area contributed by atoms with E-state index in [0.29, 0.717) is 0 Å². The Bertz CT molecular complexity index is 389. The first kappa shape index (κ1) is 9.45. The first-order chi connectivity index (χ1) is 6.43. The van der Waals surface area contributed by atoms with Crippen molar-refractivity contribution < 1.29 is 17.6 Å². The fourth-order valence-corrected chi connectivity index (χ4v) is 1.67. The zero-order chi connectivity index (χ0) is 10.5. The molecule has 76 valence electrons. The predicted octanol–water partition coefficient (Wildman–Crippen LogP) is 2.16. The maximum Gasteiger partial charge on any atom is 0.271 e. The highest BCUT2D eigenvalue weighted by Crippen LogP contribution is 2.42. The van der Waals surface area contributed by atoms with E-state index in [9.17, 15) is 17.6 Å². The van der Waals surface area contributed by atoms with Crippen LogP contribution in [-0.2, 0) is 6.42 Å². The minimum Gasteiger partial charge on any atom is -0.319 e. The number of halogens is 4. The third-order valence-corrected chi connectivity index (χ3v) is 2.42. The van der Waals surface area contributed by atoms with Crippen molar-refractivity contribution in [2.75, 3.05) is 0 Å². The predicted molar refractivity (Wildman–Crippen MR) is 41.9 cm³/mol. The van der Waals surface area contributed by atoms with Gasteiger partial charge in [0.25, 0.3) is 5.92 Å². The van der Waals surface area contributed by atoms with Crippen molar-refractivity contribution in [1.82, 2.24) is 0 Å². The highest BCUT2D eigenvalue weighted by atomic mass is 19.3. The zero-order valence-corrected chi connectivity index (χ0v) is 7.03. The van der Waals surface area contributed by atoms with Crippen molar-refractivity contribution in [1.29, 1.82) is 0 Å². The van der Waals surface area contributed by atoms with Gasteiger partial charge < -0.3 is 5.73 Å². The summed E-state index contributed by atoms with van der Waals surface area (Å²) in [5, 5.41) is 0. The monoisotopic (exact) mass is 205 g/mol. The molecule has 0 heterocycles. The molecule has 0 saturated carbocycles. The molecule has 1 aromatic carbocycles. The van der Waals surface area contributed by atoms with E-state index in [-0.39, 0.29) is 5.56 Å². The summed E-state index contributed by atoms with van der Waals surface area (Å²) in [7, 11) is 0. The van der Waals surface area contributed by atoms with Crippen LogP contribution in [0.2, 0.25) is 0 Å². The number of alkyl halides is 2. The van der Waals surface area contributed by atoms with Gasteiger partial charge in [0.15, 0.2) is 11.6 Å². The van der Waals surface area contributed by atoms with Crippen LogP contribution in [0.25, 0.3) is 0 Å². The van der Waals surface area contributed by atoms with E-state index in [1.54, 1.807) is 0 Å². The highest BCUT2D eigenvalue weighted by Gasteiger charge is 2.47. The molecule has 0 spiro atoms. The van der Waals surface area contributed by atoms with Gasteiger partial charge in [0.1, 0.15) is 0 Å². The molecule has 0 radical (unpaired) electrons. The second-order valence-corrected chi connectivity index (χ2v) is 3.35. The van der Waals surface area contributed by atoms with E-state index < -0.39 is 35.6 Å². The van der Waals surface area contributed by atoms with E-state index >= 15 is 0 Å². The summed E-state index contributed by atoms with van der Waals surface area (Å²) < 4.78 is 51.9. The summed E-state index contributed by atoms with van der Waals surface area (Å²) in [6, 6.07) is 0.241. The lowest BCUT2D eigenvalue weighted by molar-refractivity contribution is -0.0141. The molecule has 0 aromatic heterocycles. The minimum atomic E-state index is -3.18. The van der Waals surface area contributed by atoms with Gasteiger partial charge in [-0.1, -0.05) is 6.07 Å². The summed E-state index contributed by atoms with van der Waals surface area (Å²) in [5.41, 5.74) is 4.83. The molecule has 1 unspecified atom stereocenters. The lowest BCUT2D eigenvalue weighted by atomic mass is 10.1. The fourth-order valence-electron chi connectivity index (χ4n) is 1.67.